The first-order valence-corrected chi connectivity index (χ1v) is 9.15. The van der Waals surface area contributed by atoms with Gasteiger partial charge in [0.2, 0.25) is 0 Å². The predicted molar refractivity (Wildman–Crippen MR) is 108 cm³/mol. The number of ether oxygens (including phenoxy) is 1. The largest absolute Gasteiger partial charge is 0.383 e. The molecule has 0 aliphatic heterocycles. The van der Waals surface area contributed by atoms with E-state index in [1.54, 1.807) is 25.3 Å². The van der Waals surface area contributed by atoms with Gasteiger partial charge in [0.1, 0.15) is 11.5 Å². The SMILES string of the molecule is COCCNC(=O)c1cc(-c2ccc(F)cc2)nc2cc(-c3ccccc3)nn12. The molecule has 0 aliphatic carbocycles. The Morgan fingerprint density at radius 2 is 1.76 bits per heavy atom. The topological polar surface area (TPSA) is 68.5 Å². The van der Waals surface area contributed by atoms with Crippen molar-refractivity contribution in [2.45, 2.75) is 0 Å². The Bertz CT molecular complexity index is 1140. The highest BCUT2D eigenvalue weighted by molar-refractivity contribution is 5.94. The molecule has 146 valence electrons. The molecule has 0 radical (unpaired) electrons. The van der Waals surface area contributed by atoms with Crippen LogP contribution in [0.15, 0.2) is 66.7 Å². The highest BCUT2D eigenvalue weighted by Crippen LogP contribution is 2.24. The maximum Gasteiger partial charge on any atom is 0.270 e. The molecule has 4 aromatic rings. The monoisotopic (exact) mass is 390 g/mol. The zero-order valence-electron chi connectivity index (χ0n) is 15.8. The zero-order valence-corrected chi connectivity index (χ0v) is 15.8. The molecule has 0 aliphatic rings. The van der Waals surface area contributed by atoms with Crippen molar-refractivity contribution >= 4 is 11.6 Å². The van der Waals surface area contributed by atoms with Gasteiger partial charge in [-0.3, -0.25) is 4.79 Å². The lowest BCUT2D eigenvalue weighted by atomic mass is 10.1. The molecule has 7 heteroatoms. The van der Waals surface area contributed by atoms with Gasteiger partial charge in [-0.1, -0.05) is 30.3 Å². The minimum atomic E-state index is -0.330. The average Bonchev–Trinajstić information content (AvgIpc) is 3.18. The van der Waals surface area contributed by atoms with Crippen molar-refractivity contribution in [3.63, 3.8) is 0 Å². The van der Waals surface area contributed by atoms with Crippen molar-refractivity contribution in [1.82, 2.24) is 19.9 Å². The third-order valence-corrected chi connectivity index (χ3v) is 4.46. The van der Waals surface area contributed by atoms with Crippen molar-refractivity contribution in [2.24, 2.45) is 0 Å². The number of fused-ring (bicyclic) bond motifs is 1. The van der Waals surface area contributed by atoms with Crippen LogP contribution in [0.1, 0.15) is 10.5 Å². The maximum absolute atomic E-state index is 13.3. The summed E-state index contributed by atoms with van der Waals surface area (Å²) in [6.07, 6.45) is 0. The lowest BCUT2D eigenvalue weighted by Crippen LogP contribution is -2.29. The molecule has 0 atom stereocenters. The van der Waals surface area contributed by atoms with Crippen LogP contribution >= 0.6 is 0 Å². The maximum atomic E-state index is 13.3. The van der Waals surface area contributed by atoms with Crippen LogP contribution in [0, 0.1) is 5.82 Å². The third kappa shape index (κ3) is 4.00. The first-order chi connectivity index (χ1) is 14.2. The smallest absolute Gasteiger partial charge is 0.270 e. The van der Waals surface area contributed by atoms with Crippen LogP contribution in [0.2, 0.25) is 0 Å². The van der Waals surface area contributed by atoms with Crippen LogP contribution in [0.5, 0.6) is 0 Å². The van der Waals surface area contributed by atoms with Crippen molar-refractivity contribution in [1.29, 1.82) is 0 Å². The van der Waals surface area contributed by atoms with E-state index in [1.165, 1.54) is 16.6 Å². The third-order valence-electron chi connectivity index (χ3n) is 4.46. The van der Waals surface area contributed by atoms with Gasteiger partial charge in [-0.15, -0.1) is 0 Å². The highest BCUT2D eigenvalue weighted by atomic mass is 19.1. The molecule has 2 heterocycles. The summed E-state index contributed by atoms with van der Waals surface area (Å²) in [6.45, 7) is 0.775. The lowest BCUT2D eigenvalue weighted by Gasteiger charge is -2.09. The Hall–Kier alpha value is -3.58. The van der Waals surface area contributed by atoms with Gasteiger partial charge in [0.15, 0.2) is 5.65 Å². The van der Waals surface area contributed by atoms with Crippen LogP contribution in [-0.2, 0) is 4.74 Å². The molecule has 0 spiro atoms. The lowest BCUT2D eigenvalue weighted by molar-refractivity contribution is 0.0929. The van der Waals surface area contributed by atoms with E-state index in [1.807, 2.05) is 36.4 Å². The Morgan fingerprint density at radius 3 is 2.48 bits per heavy atom. The van der Waals surface area contributed by atoms with E-state index in [2.05, 4.69) is 15.4 Å². The van der Waals surface area contributed by atoms with Crippen LogP contribution in [0.4, 0.5) is 4.39 Å². The molecule has 0 unspecified atom stereocenters. The summed E-state index contributed by atoms with van der Waals surface area (Å²) in [5, 5.41) is 7.40. The fourth-order valence-corrected chi connectivity index (χ4v) is 3.01. The number of methoxy groups -OCH3 is 1. The minimum Gasteiger partial charge on any atom is -0.383 e. The predicted octanol–water partition coefficient (Wildman–Crippen LogP) is 3.58. The first-order valence-electron chi connectivity index (χ1n) is 9.15. The van der Waals surface area contributed by atoms with Gasteiger partial charge in [0, 0.05) is 30.8 Å². The van der Waals surface area contributed by atoms with Crippen molar-refractivity contribution in [3.05, 3.63) is 78.2 Å². The summed E-state index contributed by atoms with van der Waals surface area (Å²) in [5.74, 6) is -0.622. The molecule has 1 N–H and O–H groups in total. The Balaban J connectivity index is 1.83. The average molecular weight is 390 g/mol. The molecular formula is C22H19FN4O2. The molecule has 4 rings (SSSR count). The van der Waals surface area contributed by atoms with Crippen molar-refractivity contribution in [3.8, 4) is 22.5 Å². The summed E-state index contributed by atoms with van der Waals surface area (Å²) in [6, 6.07) is 19.2. The number of carbonyl (C=O) groups is 1. The summed E-state index contributed by atoms with van der Waals surface area (Å²) < 4.78 is 19.8. The molecule has 1 amide bonds. The van der Waals surface area contributed by atoms with E-state index in [0.29, 0.717) is 41.4 Å². The van der Waals surface area contributed by atoms with E-state index in [9.17, 15) is 9.18 Å². The summed E-state index contributed by atoms with van der Waals surface area (Å²) >= 11 is 0. The number of aromatic nitrogens is 3. The van der Waals surface area contributed by atoms with Crippen LogP contribution in [-0.4, -0.2) is 40.8 Å². The van der Waals surface area contributed by atoms with E-state index in [0.717, 1.165) is 5.56 Å². The van der Waals surface area contributed by atoms with Gasteiger partial charge in [-0.05, 0) is 30.3 Å². The van der Waals surface area contributed by atoms with E-state index >= 15 is 0 Å². The number of hydrogen-bond acceptors (Lipinski definition) is 4. The molecule has 0 fully saturated rings. The summed E-state index contributed by atoms with van der Waals surface area (Å²) in [5.41, 5.74) is 3.78. The molecule has 6 nitrogen and oxygen atoms in total. The number of benzene rings is 2. The van der Waals surface area contributed by atoms with Gasteiger partial charge in [-0.2, -0.15) is 5.10 Å². The fourth-order valence-electron chi connectivity index (χ4n) is 3.01. The second kappa shape index (κ2) is 8.20. The number of halogens is 1. The first kappa shape index (κ1) is 18.8. The second-order valence-electron chi connectivity index (χ2n) is 6.45. The Morgan fingerprint density at radius 1 is 1.03 bits per heavy atom. The molecule has 2 aromatic heterocycles. The quantitative estimate of drug-likeness (QED) is 0.511. The second-order valence-corrected chi connectivity index (χ2v) is 6.45. The van der Waals surface area contributed by atoms with Crippen molar-refractivity contribution < 1.29 is 13.9 Å². The van der Waals surface area contributed by atoms with Crippen molar-refractivity contribution in [2.75, 3.05) is 20.3 Å². The summed E-state index contributed by atoms with van der Waals surface area (Å²) in [4.78, 5) is 17.4. The number of nitrogens with zero attached hydrogens (tertiary/aromatic N) is 3. The summed E-state index contributed by atoms with van der Waals surface area (Å²) in [7, 11) is 1.57. The standard InChI is InChI=1S/C22H19FN4O2/c1-29-12-11-24-22(28)20-13-18(16-7-9-17(23)10-8-16)25-21-14-19(26-27(20)21)15-5-3-2-4-6-15/h2-10,13-14H,11-12H2,1H3,(H,24,28). The van der Waals surface area contributed by atoms with E-state index in [-0.39, 0.29) is 11.7 Å². The highest BCUT2D eigenvalue weighted by Gasteiger charge is 2.17. The van der Waals surface area contributed by atoms with Gasteiger partial charge < -0.3 is 10.1 Å². The van der Waals surface area contributed by atoms with Crippen LogP contribution < -0.4 is 5.32 Å². The molecule has 0 saturated heterocycles. The molecular weight excluding hydrogens is 371 g/mol. The van der Waals surface area contributed by atoms with Gasteiger partial charge in [0.05, 0.1) is 18.0 Å². The normalized spacial score (nSPS) is 11.0. The molecule has 2 aromatic carbocycles. The number of rotatable bonds is 6. The van der Waals surface area contributed by atoms with Gasteiger partial charge in [-0.25, -0.2) is 13.9 Å². The number of nitrogens with one attached hydrogen (secondary N) is 1. The van der Waals surface area contributed by atoms with Gasteiger partial charge >= 0.3 is 0 Å². The Kier molecular flexibility index (Phi) is 5.31. The molecule has 29 heavy (non-hydrogen) atoms. The number of amides is 1. The zero-order chi connectivity index (χ0) is 20.2. The number of carbonyl (C=O) groups excluding carboxylic acids is 1. The minimum absolute atomic E-state index is 0.291. The van der Waals surface area contributed by atoms with E-state index in [4.69, 9.17) is 4.74 Å². The number of hydrogen-bond donors (Lipinski definition) is 1. The van der Waals surface area contributed by atoms with Crippen LogP contribution in [0.25, 0.3) is 28.2 Å². The van der Waals surface area contributed by atoms with E-state index < -0.39 is 0 Å². The Labute approximate surface area is 167 Å². The van der Waals surface area contributed by atoms with Gasteiger partial charge in [0.25, 0.3) is 5.91 Å². The molecule has 0 saturated carbocycles. The van der Waals surface area contributed by atoms with Crippen LogP contribution in [0.3, 0.4) is 0 Å². The fraction of sp³-hybridized carbons (Fsp3) is 0.136. The molecule has 0 bridgehead atoms.